The third-order valence-electron chi connectivity index (χ3n) is 4.48. The van der Waals surface area contributed by atoms with Crippen molar-refractivity contribution in [1.82, 2.24) is 9.80 Å². The highest BCUT2D eigenvalue weighted by Gasteiger charge is 2.24. The molecule has 0 bridgehead atoms. The van der Waals surface area contributed by atoms with Crippen LogP contribution in [0, 0.1) is 0 Å². The van der Waals surface area contributed by atoms with Crippen LogP contribution in [-0.2, 0) is 11.2 Å². The van der Waals surface area contributed by atoms with Gasteiger partial charge >= 0.3 is 0 Å². The van der Waals surface area contributed by atoms with Gasteiger partial charge in [0.1, 0.15) is 0 Å². The van der Waals surface area contributed by atoms with Gasteiger partial charge in [-0.1, -0.05) is 46.3 Å². The van der Waals surface area contributed by atoms with Crippen molar-refractivity contribution < 1.29 is 9.59 Å². The lowest BCUT2D eigenvalue weighted by atomic mass is 10.1. The topological polar surface area (TPSA) is 40.6 Å². The lowest BCUT2D eigenvalue weighted by Gasteiger charge is -2.35. The van der Waals surface area contributed by atoms with Gasteiger partial charge in [0.05, 0.1) is 0 Å². The van der Waals surface area contributed by atoms with E-state index < -0.39 is 0 Å². The molecule has 0 unspecified atom stereocenters. The first-order valence-corrected chi connectivity index (χ1v) is 9.29. The quantitative estimate of drug-likeness (QED) is 0.789. The van der Waals surface area contributed by atoms with Gasteiger partial charge in [0, 0.05) is 42.6 Å². The molecule has 1 aliphatic heterocycles. The number of amides is 2. The Kier molecular flexibility index (Phi) is 5.87. The highest BCUT2D eigenvalue weighted by molar-refractivity contribution is 9.10. The zero-order valence-electron chi connectivity index (χ0n) is 14.0. The van der Waals surface area contributed by atoms with Crippen LogP contribution in [-0.4, -0.2) is 47.8 Å². The maximum Gasteiger partial charge on any atom is 0.253 e. The van der Waals surface area contributed by atoms with Crippen LogP contribution in [0.25, 0.3) is 0 Å². The molecule has 1 aliphatic rings. The molecule has 0 radical (unpaired) electrons. The summed E-state index contributed by atoms with van der Waals surface area (Å²) >= 11 is 3.38. The fourth-order valence-electron chi connectivity index (χ4n) is 2.99. The molecular formula is C20H21BrN2O2. The van der Waals surface area contributed by atoms with Gasteiger partial charge in [-0.25, -0.2) is 0 Å². The number of piperazine rings is 1. The van der Waals surface area contributed by atoms with Gasteiger partial charge in [0.2, 0.25) is 5.91 Å². The van der Waals surface area contributed by atoms with Crippen LogP contribution in [0.5, 0.6) is 0 Å². The molecule has 2 amide bonds. The van der Waals surface area contributed by atoms with Crippen molar-refractivity contribution in [3.8, 4) is 0 Å². The van der Waals surface area contributed by atoms with Crippen molar-refractivity contribution in [2.24, 2.45) is 0 Å². The third kappa shape index (κ3) is 4.69. The Morgan fingerprint density at radius 3 is 2.08 bits per heavy atom. The summed E-state index contributed by atoms with van der Waals surface area (Å²) in [5, 5.41) is 0. The Morgan fingerprint density at radius 2 is 1.44 bits per heavy atom. The molecule has 2 aromatic carbocycles. The van der Waals surface area contributed by atoms with Crippen LogP contribution in [0.1, 0.15) is 22.3 Å². The predicted molar refractivity (Wildman–Crippen MR) is 101 cm³/mol. The van der Waals surface area contributed by atoms with Gasteiger partial charge in [-0.2, -0.15) is 0 Å². The molecule has 0 aliphatic carbocycles. The minimum Gasteiger partial charge on any atom is -0.339 e. The molecule has 0 aromatic heterocycles. The van der Waals surface area contributed by atoms with Gasteiger partial charge in [-0.05, 0) is 36.2 Å². The number of aryl methyl sites for hydroxylation is 1. The average molecular weight is 401 g/mol. The molecule has 25 heavy (non-hydrogen) atoms. The van der Waals surface area contributed by atoms with Crippen molar-refractivity contribution in [2.75, 3.05) is 26.2 Å². The zero-order valence-corrected chi connectivity index (χ0v) is 15.6. The maximum atomic E-state index is 12.5. The average Bonchev–Trinajstić information content (AvgIpc) is 2.67. The molecule has 1 fully saturated rings. The van der Waals surface area contributed by atoms with Crippen LogP contribution in [0.15, 0.2) is 59.1 Å². The van der Waals surface area contributed by atoms with Crippen LogP contribution in [0.4, 0.5) is 0 Å². The Bertz CT molecular complexity index is 723. The summed E-state index contributed by atoms with van der Waals surface area (Å²) in [5.41, 5.74) is 1.87. The lowest BCUT2D eigenvalue weighted by molar-refractivity contribution is -0.132. The molecular weight excluding hydrogens is 380 g/mol. The van der Waals surface area contributed by atoms with Crippen LogP contribution in [0.3, 0.4) is 0 Å². The number of rotatable bonds is 4. The third-order valence-corrected chi connectivity index (χ3v) is 5.01. The fraction of sp³-hybridized carbons (Fsp3) is 0.300. The summed E-state index contributed by atoms with van der Waals surface area (Å²) in [5.74, 6) is 0.198. The molecule has 0 saturated carbocycles. The molecule has 4 nitrogen and oxygen atoms in total. The maximum absolute atomic E-state index is 12.5. The predicted octanol–water partition coefficient (Wildman–Crippen LogP) is 3.37. The lowest BCUT2D eigenvalue weighted by Crippen LogP contribution is -2.50. The minimum atomic E-state index is 0.0314. The Hall–Kier alpha value is -2.14. The SMILES string of the molecule is O=C(CCc1ccccc1)N1CCN(C(=O)c2ccc(Br)cc2)CC1. The molecule has 1 saturated heterocycles. The summed E-state index contributed by atoms with van der Waals surface area (Å²) in [6, 6.07) is 17.4. The summed E-state index contributed by atoms with van der Waals surface area (Å²) < 4.78 is 0.956. The van der Waals surface area contributed by atoms with E-state index in [-0.39, 0.29) is 11.8 Å². The Balaban J connectivity index is 1.48. The second-order valence-corrected chi connectivity index (χ2v) is 7.08. The first-order chi connectivity index (χ1) is 12.1. The minimum absolute atomic E-state index is 0.0314. The zero-order chi connectivity index (χ0) is 17.6. The number of hydrogen-bond donors (Lipinski definition) is 0. The highest BCUT2D eigenvalue weighted by atomic mass is 79.9. The molecule has 0 N–H and O–H groups in total. The van der Waals surface area contributed by atoms with Crippen molar-refractivity contribution in [3.05, 3.63) is 70.2 Å². The number of nitrogens with zero attached hydrogens (tertiary/aromatic N) is 2. The molecule has 130 valence electrons. The molecule has 0 atom stereocenters. The molecule has 0 spiro atoms. The number of halogens is 1. The second kappa shape index (κ2) is 8.30. The van der Waals surface area contributed by atoms with E-state index >= 15 is 0 Å². The van der Waals surface area contributed by atoms with Crippen molar-refractivity contribution in [1.29, 1.82) is 0 Å². The number of carbonyl (C=O) groups is 2. The van der Waals surface area contributed by atoms with Crippen molar-refractivity contribution in [2.45, 2.75) is 12.8 Å². The number of carbonyl (C=O) groups excluding carboxylic acids is 2. The first-order valence-electron chi connectivity index (χ1n) is 8.50. The Labute approximate surface area is 156 Å². The van der Waals surface area contributed by atoms with Gasteiger partial charge in [0.25, 0.3) is 5.91 Å². The smallest absolute Gasteiger partial charge is 0.253 e. The first kappa shape index (κ1) is 17.7. The fourth-order valence-corrected chi connectivity index (χ4v) is 3.25. The number of hydrogen-bond acceptors (Lipinski definition) is 2. The van der Waals surface area contributed by atoms with Crippen LogP contribution < -0.4 is 0 Å². The van der Waals surface area contributed by atoms with E-state index in [4.69, 9.17) is 0 Å². The standard InChI is InChI=1S/C20H21BrN2O2/c21-18-9-7-17(8-10-18)20(25)23-14-12-22(13-15-23)19(24)11-6-16-4-2-1-3-5-16/h1-5,7-10H,6,11-15H2. The Morgan fingerprint density at radius 1 is 0.840 bits per heavy atom. The second-order valence-electron chi connectivity index (χ2n) is 6.17. The van der Waals surface area contributed by atoms with Crippen molar-refractivity contribution >= 4 is 27.7 Å². The summed E-state index contributed by atoms with van der Waals surface area (Å²) in [6.07, 6.45) is 1.28. The normalized spacial score (nSPS) is 14.4. The van der Waals surface area contributed by atoms with E-state index in [0.717, 1.165) is 10.9 Å². The van der Waals surface area contributed by atoms with E-state index in [0.29, 0.717) is 38.2 Å². The summed E-state index contributed by atoms with van der Waals surface area (Å²) in [6.45, 7) is 2.39. The molecule has 1 heterocycles. The van der Waals surface area contributed by atoms with Gasteiger partial charge in [-0.15, -0.1) is 0 Å². The monoisotopic (exact) mass is 400 g/mol. The summed E-state index contributed by atoms with van der Waals surface area (Å²) in [4.78, 5) is 28.6. The van der Waals surface area contributed by atoms with E-state index in [1.165, 1.54) is 5.56 Å². The van der Waals surface area contributed by atoms with E-state index in [2.05, 4.69) is 15.9 Å². The van der Waals surface area contributed by atoms with E-state index in [1.54, 1.807) is 0 Å². The molecule has 3 rings (SSSR count). The van der Waals surface area contributed by atoms with Gasteiger partial charge in [0.15, 0.2) is 0 Å². The van der Waals surface area contributed by atoms with E-state index in [9.17, 15) is 9.59 Å². The summed E-state index contributed by atoms with van der Waals surface area (Å²) in [7, 11) is 0. The molecule has 5 heteroatoms. The largest absolute Gasteiger partial charge is 0.339 e. The van der Waals surface area contributed by atoms with Crippen LogP contribution >= 0.6 is 15.9 Å². The number of benzene rings is 2. The van der Waals surface area contributed by atoms with Gasteiger partial charge < -0.3 is 9.80 Å². The van der Waals surface area contributed by atoms with Crippen LogP contribution in [0.2, 0.25) is 0 Å². The van der Waals surface area contributed by atoms with E-state index in [1.807, 2.05) is 64.4 Å². The van der Waals surface area contributed by atoms with Gasteiger partial charge in [-0.3, -0.25) is 9.59 Å². The highest BCUT2D eigenvalue weighted by Crippen LogP contribution is 2.14. The molecule has 2 aromatic rings. The van der Waals surface area contributed by atoms with Crippen molar-refractivity contribution in [3.63, 3.8) is 0 Å².